The van der Waals surface area contributed by atoms with Gasteiger partial charge in [-0.25, -0.2) is 22.0 Å². The number of fused-ring (bicyclic) bond motifs is 1. The topological polar surface area (TPSA) is 22.1 Å². The van der Waals surface area contributed by atoms with Gasteiger partial charge in [-0.3, -0.25) is 4.98 Å². The number of ether oxygens (including phenoxy) is 1. The van der Waals surface area contributed by atoms with E-state index in [1.165, 1.54) is 24.4 Å². The first kappa shape index (κ1) is 23.2. The number of hydrogen-bond donors (Lipinski definition) is 0. The Hall–Kier alpha value is -3.92. The van der Waals surface area contributed by atoms with Crippen molar-refractivity contribution in [3.8, 4) is 28.8 Å². The summed E-state index contributed by atoms with van der Waals surface area (Å²) in [7, 11) is 0. The predicted molar refractivity (Wildman–Crippen MR) is 120 cm³/mol. The van der Waals surface area contributed by atoms with Crippen molar-refractivity contribution in [2.45, 2.75) is 19.8 Å². The molecular weight excluding hydrogens is 449 g/mol. The number of aromatic nitrogens is 1. The third-order valence-corrected chi connectivity index (χ3v) is 5.15. The van der Waals surface area contributed by atoms with E-state index in [9.17, 15) is 22.0 Å². The summed E-state index contributed by atoms with van der Waals surface area (Å²) in [5, 5.41) is -0.0480. The molecule has 3 aromatic carbocycles. The van der Waals surface area contributed by atoms with Crippen molar-refractivity contribution in [2.75, 3.05) is 6.61 Å². The lowest BCUT2D eigenvalue weighted by molar-refractivity contribution is 0.308. The second kappa shape index (κ2) is 9.92. The molecule has 172 valence electrons. The van der Waals surface area contributed by atoms with E-state index in [2.05, 4.69) is 16.8 Å². The van der Waals surface area contributed by atoms with Gasteiger partial charge in [0.15, 0.2) is 17.5 Å². The number of unbranched alkanes of at least 4 members (excludes halogenated alkanes) is 1. The maximum Gasteiger partial charge on any atom is 0.195 e. The van der Waals surface area contributed by atoms with E-state index in [-0.39, 0.29) is 21.9 Å². The van der Waals surface area contributed by atoms with E-state index in [1.807, 2.05) is 6.92 Å². The molecule has 0 N–H and O–H groups in total. The molecule has 2 nitrogen and oxygen atoms in total. The molecule has 1 heterocycles. The second-order valence-corrected chi connectivity index (χ2v) is 7.57. The minimum Gasteiger partial charge on any atom is -0.492 e. The van der Waals surface area contributed by atoms with E-state index in [0.29, 0.717) is 18.1 Å². The maximum atomic E-state index is 14.7. The molecule has 0 fully saturated rings. The van der Waals surface area contributed by atoms with Gasteiger partial charge in [0, 0.05) is 16.5 Å². The first-order chi connectivity index (χ1) is 16.4. The van der Waals surface area contributed by atoms with Crippen LogP contribution in [0.25, 0.3) is 22.0 Å². The Labute approximate surface area is 193 Å². The van der Waals surface area contributed by atoms with Crippen molar-refractivity contribution in [3.63, 3.8) is 0 Å². The summed E-state index contributed by atoms with van der Waals surface area (Å²) >= 11 is 0. The van der Waals surface area contributed by atoms with Gasteiger partial charge in [-0.1, -0.05) is 31.3 Å². The molecule has 0 aliphatic carbocycles. The molecule has 0 saturated heterocycles. The lowest BCUT2D eigenvalue weighted by Gasteiger charge is -2.07. The molecule has 0 unspecified atom stereocenters. The van der Waals surface area contributed by atoms with Gasteiger partial charge in [-0.15, -0.1) is 0 Å². The van der Waals surface area contributed by atoms with Crippen LogP contribution in [0.2, 0.25) is 0 Å². The SMILES string of the molecule is CCCCOc1ccc(-c2cc(F)c(C#Cc3ccc4c(F)c(F)c(F)cc4c3)c(F)c2)nc1. The lowest BCUT2D eigenvalue weighted by atomic mass is 10.0. The Morgan fingerprint density at radius 2 is 1.59 bits per heavy atom. The molecule has 0 atom stereocenters. The summed E-state index contributed by atoms with van der Waals surface area (Å²) in [6, 6.07) is 10.3. The van der Waals surface area contributed by atoms with Gasteiger partial charge in [-0.05, 0) is 54.3 Å². The number of pyridine rings is 1. The molecule has 0 radical (unpaired) electrons. The molecule has 0 saturated carbocycles. The zero-order valence-corrected chi connectivity index (χ0v) is 18.1. The number of benzene rings is 3. The molecule has 4 rings (SSSR count). The summed E-state index contributed by atoms with van der Waals surface area (Å²) in [4.78, 5) is 4.20. The summed E-state index contributed by atoms with van der Waals surface area (Å²) in [6.45, 7) is 2.61. The fourth-order valence-corrected chi connectivity index (χ4v) is 3.33. The van der Waals surface area contributed by atoms with Crippen molar-refractivity contribution in [1.29, 1.82) is 0 Å². The minimum absolute atomic E-state index is 0.0766. The van der Waals surface area contributed by atoms with Gasteiger partial charge in [0.05, 0.1) is 24.1 Å². The highest BCUT2D eigenvalue weighted by molar-refractivity contribution is 5.84. The average molecular weight is 467 g/mol. The van der Waals surface area contributed by atoms with Crippen molar-refractivity contribution < 1.29 is 26.7 Å². The van der Waals surface area contributed by atoms with E-state index >= 15 is 0 Å². The quantitative estimate of drug-likeness (QED) is 0.134. The summed E-state index contributed by atoms with van der Waals surface area (Å²) < 4.78 is 75.6. The van der Waals surface area contributed by atoms with Gasteiger partial charge >= 0.3 is 0 Å². The van der Waals surface area contributed by atoms with Crippen LogP contribution in [0.3, 0.4) is 0 Å². The van der Waals surface area contributed by atoms with Crippen LogP contribution in [0.1, 0.15) is 30.9 Å². The monoisotopic (exact) mass is 467 g/mol. The molecule has 0 spiro atoms. The van der Waals surface area contributed by atoms with Crippen LogP contribution in [0.5, 0.6) is 5.75 Å². The molecule has 0 aliphatic heterocycles. The highest BCUT2D eigenvalue weighted by Crippen LogP contribution is 2.26. The fraction of sp³-hybridized carbons (Fsp3) is 0.148. The zero-order valence-electron chi connectivity index (χ0n) is 18.1. The number of rotatable bonds is 5. The summed E-state index contributed by atoms with van der Waals surface area (Å²) in [5.41, 5.74) is 0.395. The van der Waals surface area contributed by atoms with Gasteiger partial charge < -0.3 is 4.74 Å². The smallest absolute Gasteiger partial charge is 0.195 e. The molecule has 0 bridgehead atoms. The third-order valence-electron chi connectivity index (χ3n) is 5.15. The Bertz CT molecular complexity index is 1400. The second-order valence-electron chi connectivity index (χ2n) is 7.57. The largest absolute Gasteiger partial charge is 0.492 e. The van der Waals surface area contributed by atoms with Crippen molar-refractivity contribution in [2.24, 2.45) is 0 Å². The van der Waals surface area contributed by atoms with E-state index in [4.69, 9.17) is 4.74 Å². The van der Waals surface area contributed by atoms with Crippen LogP contribution in [-0.2, 0) is 0 Å². The number of nitrogens with zero attached hydrogens (tertiary/aromatic N) is 1. The highest BCUT2D eigenvalue weighted by atomic mass is 19.2. The number of halogens is 5. The van der Waals surface area contributed by atoms with Crippen molar-refractivity contribution in [1.82, 2.24) is 4.98 Å². The van der Waals surface area contributed by atoms with Crippen molar-refractivity contribution >= 4 is 10.8 Å². The minimum atomic E-state index is -1.57. The molecule has 0 amide bonds. The summed E-state index contributed by atoms with van der Waals surface area (Å²) in [5.74, 6) is -0.411. The Kier molecular flexibility index (Phi) is 6.78. The fourth-order valence-electron chi connectivity index (χ4n) is 3.33. The van der Waals surface area contributed by atoms with E-state index in [1.54, 1.807) is 12.1 Å². The zero-order chi connectivity index (χ0) is 24.2. The van der Waals surface area contributed by atoms with Gasteiger partial charge in [0.1, 0.15) is 17.4 Å². The van der Waals surface area contributed by atoms with Crippen LogP contribution in [0.15, 0.2) is 54.7 Å². The highest BCUT2D eigenvalue weighted by Gasteiger charge is 2.14. The molecule has 1 aromatic heterocycles. The van der Waals surface area contributed by atoms with E-state index < -0.39 is 34.6 Å². The normalized spacial score (nSPS) is 10.8. The molecule has 34 heavy (non-hydrogen) atoms. The Balaban J connectivity index is 1.60. The number of hydrogen-bond acceptors (Lipinski definition) is 2. The van der Waals surface area contributed by atoms with Crippen LogP contribution >= 0.6 is 0 Å². The van der Waals surface area contributed by atoms with Gasteiger partial charge in [-0.2, -0.15) is 0 Å². The molecule has 0 aliphatic rings. The molecule has 4 aromatic rings. The lowest BCUT2D eigenvalue weighted by Crippen LogP contribution is -1.97. The van der Waals surface area contributed by atoms with Crippen LogP contribution in [-0.4, -0.2) is 11.6 Å². The average Bonchev–Trinajstić information content (AvgIpc) is 2.82. The molecular formula is C27H18F5NO. The van der Waals surface area contributed by atoms with Crippen LogP contribution in [0, 0.1) is 40.9 Å². The van der Waals surface area contributed by atoms with Crippen molar-refractivity contribution in [3.05, 3.63) is 94.9 Å². The predicted octanol–water partition coefficient (Wildman–Crippen LogP) is 7.18. The standard InChI is InChI=1S/C27H18F5NO/c1-2-3-10-34-19-6-9-25(33-15-19)18-13-22(28)21(23(29)14-18)8-5-16-4-7-20-17(11-16)12-24(30)27(32)26(20)31/h4,6-7,9,11-15H,2-3,10H2,1H3. The maximum absolute atomic E-state index is 14.7. The molecule has 7 heteroatoms. The van der Waals surface area contributed by atoms with Gasteiger partial charge in [0.2, 0.25) is 0 Å². The van der Waals surface area contributed by atoms with E-state index in [0.717, 1.165) is 31.0 Å². The van der Waals surface area contributed by atoms with Crippen LogP contribution in [0.4, 0.5) is 22.0 Å². The summed E-state index contributed by atoms with van der Waals surface area (Å²) in [6.07, 6.45) is 3.40. The van der Waals surface area contributed by atoms with Gasteiger partial charge in [0.25, 0.3) is 0 Å². The first-order valence-corrected chi connectivity index (χ1v) is 10.5. The van der Waals surface area contributed by atoms with Crippen LogP contribution < -0.4 is 4.74 Å². The Morgan fingerprint density at radius 3 is 2.26 bits per heavy atom. The Morgan fingerprint density at radius 1 is 0.824 bits per heavy atom. The first-order valence-electron chi connectivity index (χ1n) is 10.5. The third kappa shape index (κ3) is 4.86.